The fourth-order valence-corrected chi connectivity index (χ4v) is 2.89. The van der Waals surface area contributed by atoms with E-state index in [1.165, 1.54) is 5.57 Å². The van der Waals surface area contributed by atoms with Crippen molar-refractivity contribution in [2.75, 3.05) is 0 Å². The van der Waals surface area contributed by atoms with E-state index in [4.69, 9.17) is 11.2 Å². The van der Waals surface area contributed by atoms with Crippen LogP contribution in [0.2, 0.25) is 0 Å². The molecule has 0 aromatic heterocycles. The summed E-state index contributed by atoms with van der Waals surface area (Å²) in [5, 5.41) is 0. The fraction of sp³-hybridized carbons (Fsp3) is 0.381. The predicted molar refractivity (Wildman–Crippen MR) is 94.4 cm³/mol. The van der Waals surface area contributed by atoms with Gasteiger partial charge in [-0.2, -0.15) is 0 Å². The van der Waals surface area contributed by atoms with Crippen LogP contribution < -0.4 is 0 Å². The summed E-state index contributed by atoms with van der Waals surface area (Å²) in [6.07, 6.45) is 10.6. The zero-order chi connectivity index (χ0) is 17.0. The Bertz CT molecular complexity index is 655. The van der Waals surface area contributed by atoms with E-state index >= 15 is 0 Å². The predicted octanol–water partition coefficient (Wildman–Crippen LogP) is 4.48. The monoisotopic (exact) mass is 308 g/mol. The van der Waals surface area contributed by atoms with Gasteiger partial charge >= 0.3 is 5.97 Å². The van der Waals surface area contributed by atoms with E-state index in [0.717, 1.165) is 5.56 Å². The highest BCUT2D eigenvalue weighted by Crippen LogP contribution is 2.59. The highest BCUT2D eigenvalue weighted by atomic mass is 16.5. The Hall–Kier alpha value is -2.27. The average Bonchev–Trinajstić information content (AvgIpc) is 3.04. The van der Waals surface area contributed by atoms with Crippen LogP contribution in [-0.2, 0) is 9.53 Å². The minimum absolute atomic E-state index is 0.0589. The van der Waals surface area contributed by atoms with Crippen LogP contribution >= 0.6 is 0 Å². The Labute approximate surface area is 139 Å². The van der Waals surface area contributed by atoms with Crippen molar-refractivity contribution < 1.29 is 9.53 Å². The van der Waals surface area contributed by atoms with Gasteiger partial charge in [0.15, 0.2) is 6.10 Å². The van der Waals surface area contributed by atoms with Crippen LogP contribution in [0.5, 0.6) is 0 Å². The molecule has 0 aliphatic heterocycles. The molecule has 3 unspecified atom stereocenters. The van der Waals surface area contributed by atoms with Gasteiger partial charge in [0.05, 0.1) is 5.92 Å². The molecule has 0 heterocycles. The second-order valence-electron chi connectivity index (χ2n) is 6.86. The molecule has 1 aromatic rings. The van der Waals surface area contributed by atoms with Crippen molar-refractivity contribution in [3.63, 3.8) is 0 Å². The average molecular weight is 308 g/mol. The zero-order valence-electron chi connectivity index (χ0n) is 14.2. The van der Waals surface area contributed by atoms with Crippen molar-refractivity contribution in [1.82, 2.24) is 0 Å². The summed E-state index contributed by atoms with van der Waals surface area (Å²) in [5.74, 6) is 2.43. The standard InChI is InChI=1S/C21H24O2/c1-6-17(13-12-16-10-8-7-9-11-16)23-20(22)19-18(14-15(2)3)21(19,4)5/h1,7-14,17-19H,2-5H3/b13-12+. The summed E-state index contributed by atoms with van der Waals surface area (Å²) < 4.78 is 5.50. The number of rotatable bonds is 5. The Balaban J connectivity index is 2.00. The molecule has 2 heteroatoms. The topological polar surface area (TPSA) is 26.3 Å². The van der Waals surface area contributed by atoms with E-state index in [9.17, 15) is 4.79 Å². The van der Waals surface area contributed by atoms with Crippen molar-refractivity contribution in [3.05, 3.63) is 53.6 Å². The third-order valence-electron chi connectivity index (χ3n) is 4.35. The number of ether oxygens (including phenoxy) is 1. The first-order valence-corrected chi connectivity index (χ1v) is 7.91. The summed E-state index contributed by atoms with van der Waals surface area (Å²) in [6, 6.07) is 9.80. The van der Waals surface area contributed by atoms with Gasteiger partial charge in [-0.25, -0.2) is 0 Å². The molecule has 1 aliphatic rings. The summed E-state index contributed by atoms with van der Waals surface area (Å²) in [4.78, 5) is 12.4. The molecule has 0 amide bonds. The van der Waals surface area contributed by atoms with Gasteiger partial charge < -0.3 is 4.74 Å². The maximum Gasteiger partial charge on any atom is 0.311 e. The molecule has 3 atom stereocenters. The summed E-state index contributed by atoms with van der Waals surface area (Å²) in [5.41, 5.74) is 2.19. The van der Waals surface area contributed by atoms with Crippen LogP contribution in [0.15, 0.2) is 48.1 Å². The van der Waals surface area contributed by atoms with E-state index in [2.05, 4.69) is 25.8 Å². The van der Waals surface area contributed by atoms with Crippen LogP contribution in [-0.4, -0.2) is 12.1 Å². The Morgan fingerprint density at radius 3 is 2.52 bits per heavy atom. The number of allylic oxidation sites excluding steroid dienone is 2. The fourth-order valence-electron chi connectivity index (χ4n) is 2.89. The van der Waals surface area contributed by atoms with Crippen molar-refractivity contribution in [2.24, 2.45) is 17.3 Å². The quantitative estimate of drug-likeness (QED) is 0.455. The van der Waals surface area contributed by atoms with Gasteiger partial charge in [0.25, 0.3) is 0 Å². The number of terminal acetylenes is 1. The van der Waals surface area contributed by atoms with Gasteiger partial charge in [0.1, 0.15) is 0 Å². The van der Waals surface area contributed by atoms with Crippen molar-refractivity contribution in [2.45, 2.75) is 33.8 Å². The lowest BCUT2D eigenvalue weighted by Gasteiger charge is -2.09. The van der Waals surface area contributed by atoms with Crippen LogP contribution in [0.1, 0.15) is 33.3 Å². The third kappa shape index (κ3) is 4.13. The first kappa shape index (κ1) is 17.1. The van der Waals surface area contributed by atoms with Gasteiger partial charge in [-0.05, 0) is 36.8 Å². The number of carbonyl (C=O) groups is 1. The molecule has 0 saturated heterocycles. The number of carbonyl (C=O) groups excluding carboxylic acids is 1. The highest BCUT2D eigenvalue weighted by Gasteiger charge is 2.61. The normalized spacial score (nSPS) is 22.9. The van der Waals surface area contributed by atoms with Crippen LogP contribution in [0.25, 0.3) is 6.08 Å². The van der Waals surface area contributed by atoms with Crippen LogP contribution in [0, 0.1) is 29.6 Å². The summed E-state index contributed by atoms with van der Waals surface area (Å²) in [7, 11) is 0. The Kier molecular flexibility index (Phi) is 5.11. The summed E-state index contributed by atoms with van der Waals surface area (Å²) >= 11 is 0. The van der Waals surface area contributed by atoms with E-state index in [1.54, 1.807) is 6.08 Å². The van der Waals surface area contributed by atoms with E-state index in [-0.39, 0.29) is 23.2 Å². The molecule has 0 spiro atoms. The van der Waals surface area contributed by atoms with Crippen molar-refractivity contribution in [1.29, 1.82) is 0 Å². The number of hydrogen-bond donors (Lipinski definition) is 0. The van der Waals surface area contributed by atoms with Crippen molar-refractivity contribution >= 4 is 12.0 Å². The zero-order valence-corrected chi connectivity index (χ0v) is 14.2. The molecule has 0 radical (unpaired) electrons. The lowest BCUT2D eigenvalue weighted by atomic mass is 10.1. The van der Waals surface area contributed by atoms with Crippen molar-refractivity contribution in [3.8, 4) is 12.3 Å². The maximum absolute atomic E-state index is 12.4. The molecule has 1 fully saturated rings. The molecule has 1 aromatic carbocycles. The molecule has 0 bridgehead atoms. The molecule has 2 rings (SSSR count). The Morgan fingerprint density at radius 2 is 1.96 bits per heavy atom. The lowest BCUT2D eigenvalue weighted by Crippen LogP contribution is -2.17. The largest absolute Gasteiger partial charge is 0.445 e. The maximum atomic E-state index is 12.4. The number of esters is 1. The highest BCUT2D eigenvalue weighted by molar-refractivity contribution is 5.79. The smallest absolute Gasteiger partial charge is 0.311 e. The van der Waals surface area contributed by atoms with Gasteiger partial charge in [-0.15, -0.1) is 6.42 Å². The molecule has 1 saturated carbocycles. The SMILES string of the molecule is C#CC(/C=C/c1ccccc1)OC(=O)C1C(C=C(C)C)C1(C)C. The molecular formula is C21H24O2. The molecule has 1 aliphatic carbocycles. The molecule has 120 valence electrons. The van der Waals surface area contributed by atoms with Gasteiger partial charge in [-0.3, -0.25) is 4.79 Å². The molecule has 23 heavy (non-hydrogen) atoms. The Morgan fingerprint density at radius 1 is 1.30 bits per heavy atom. The minimum atomic E-state index is -0.633. The third-order valence-corrected chi connectivity index (χ3v) is 4.35. The minimum Gasteiger partial charge on any atom is -0.445 e. The number of benzene rings is 1. The summed E-state index contributed by atoms with van der Waals surface area (Å²) in [6.45, 7) is 8.27. The second kappa shape index (κ2) is 6.87. The number of hydrogen-bond acceptors (Lipinski definition) is 2. The van der Waals surface area contributed by atoms with Crippen LogP contribution in [0.4, 0.5) is 0 Å². The first-order chi connectivity index (χ1) is 10.9. The van der Waals surface area contributed by atoms with Gasteiger partial charge in [-0.1, -0.05) is 67.8 Å². The van der Waals surface area contributed by atoms with E-state index in [1.807, 2.05) is 50.3 Å². The molecule has 2 nitrogen and oxygen atoms in total. The lowest BCUT2D eigenvalue weighted by molar-refractivity contribution is -0.147. The van der Waals surface area contributed by atoms with E-state index in [0.29, 0.717) is 0 Å². The first-order valence-electron chi connectivity index (χ1n) is 7.91. The second-order valence-corrected chi connectivity index (χ2v) is 6.86. The van der Waals surface area contributed by atoms with Crippen LogP contribution in [0.3, 0.4) is 0 Å². The van der Waals surface area contributed by atoms with Gasteiger partial charge in [0.2, 0.25) is 0 Å². The van der Waals surface area contributed by atoms with E-state index < -0.39 is 6.10 Å². The van der Waals surface area contributed by atoms with Gasteiger partial charge in [0, 0.05) is 0 Å². The molecular weight excluding hydrogens is 284 g/mol. The molecule has 0 N–H and O–H groups in total.